The summed E-state index contributed by atoms with van der Waals surface area (Å²) >= 11 is 1.32. The van der Waals surface area contributed by atoms with Crippen LogP contribution in [0.15, 0.2) is 0 Å². The number of carboxylic acid groups (broad SMARTS) is 1. The quantitative estimate of drug-likeness (QED) is 0.570. The SMILES string of the molecule is CC1(C)S[C@H]2N(C(=O)C2(CO)CO)[C@H]1C(=O)O. The lowest BCUT2D eigenvalue weighted by Crippen LogP contribution is -2.71. The molecule has 0 spiro atoms. The minimum atomic E-state index is -1.22. The lowest BCUT2D eigenvalue weighted by Gasteiger charge is -2.51. The van der Waals surface area contributed by atoms with Gasteiger partial charge in [0.05, 0.1) is 18.6 Å². The van der Waals surface area contributed by atoms with E-state index in [9.17, 15) is 24.9 Å². The van der Waals surface area contributed by atoms with Gasteiger partial charge in [-0.1, -0.05) is 0 Å². The largest absolute Gasteiger partial charge is 0.480 e. The Morgan fingerprint density at radius 1 is 1.41 bits per heavy atom. The highest BCUT2D eigenvalue weighted by Gasteiger charge is 2.70. The molecular weight excluding hydrogens is 246 g/mol. The molecule has 0 aliphatic carbocycles. The first-order valence-electron chi connectivity index (χ1n) is 5.27. The first-order valence-corrected chi connectivity index (χ1v) is 6.15. The van der Waals surface area contributed by atoms with Gasteiger partial charge in [-0.05, 0) is 13.8 Å². The fourth-order valence-corrected chi connectivity index (χ4v) is 4.26. The van der Waals surface area contributed by atoms with Gasteiger partial charge < -0.3 is 20.2 Å². The van der Waals surface area contributed by atoms with Crippen LogP contribution in [0.3, 0.4) is 0 Å². The van der Waals surface area contributed by atoms with Crippen molar-refractivity contribution in [3.05, 3.63) is 0 Å². The van der Waals surface area contributed by atoms with Crippen LogP contribution in [0, 0.1) is 5.41 Å². The van der Waals surface area contributed by atoms with Gasteiger partial charge in [-0.2, -0.15) is 0 Å². The summed E-state index contributed by atoms with van der Waals surface area (Å²) in [7, 11) is 0. The monoisotopic (exact) mass is 261 g/mol. The summed E-state index contributed by atoms with van der Waals surface area (Å²) in [6.45, 7) is 2.58. The van der Waals surface area contributed by atoms with E-state index in [1.807, 2.05) is 0 Å². The van der Waals surface area contributed by atoms with Crippen LogP contribution in [0.25, 0.3) is 0 Å². The van der Waals surface area contributed by atoms with Crippen molar-refractivity contribution in [2.45, 2.75) is 30.0 Å². The highest BCUT2D eigenvalue weighted by Crippen LogP contribution is 2.58. The summed E-state index contributed by atoms with van der Waals surface area (Å²) in [5.74, 6) is -1.53. The summed E-state index contributed by atoms with van der Waals surface area (Å²) in [5, 5.41) is 27.3. The molecule has 0 saturated carbocycles. The van der Waals surface area contributed by atoms with E-state index in [1.54, 1.807) is 13.8 Å². The zero-order valence-electron chi connectivity index (χ0n) is 9.58. The van der Waals surface area contributed by atoms with E-state index in [-0.39, 0.29) is 0 Å². The molecule has 7 heteroatoms. The van der Waals surface area contributed by atoms with Gasteiger partial charge in [0.2, 0.25) is 5.91 Å². The molecule has 2 aliphatic heterocycles. The smallest absolute Gasteiger partial charge is 0.327 e. The molecule has 2 atom stereocenters. The molecule has 17 heavy (non-hydrogen) atoms. The molecule has 0 aromatic carbocycles. The summed E-state index contributed by atoms with van der Waals surface area (Å²) < 4.78 is -0.627. The highest BCUT2D eigenvalue weighted by molar-refractivity contribution is 8.01. The van der Waals surface area contributed by atoms with Crippen LogP contribution in [-0.4, -0.2) is 61.5 Å². The van der Waals surface area contributed by atoms with Crippen LogP contribution < -0.4 is 0 Å². The fourth-order valence-electron chi connectivity index (χ4n) is 2.54. The van der Waals surface area contributed by atoms with E-state index in [2.05, 4.69) is 0 Å². The van der Waals surface area contributed by atoms with Gasteiger partial charge in [-0.3, -0.25) is 4.79 Å². The first-order chi connectivity index (χ1) is 7.81. The van der Waals surface area contributed by atoms with Crippen molar-refractivity contribution in [3.8, 4) is 0 Å². The number of aliphatic hydroxyl groups excluding tert-OH is 2. The number of nitrogens with zero attached hydrogens (tertiary/aromatic N) is 1. The summed E-state index contributed by atoms with van der Waals surface area (Å²) in [6.07, 6.45) is 0. The number of carbonyl (C=O) groups excluding carboxylic acids is 1. The van der Waals surface area contributed by atoms with E-state index < -0.39 is 46.7 Å². The van der Waals surface area contributed by atoms with Crippen molar-refractivity contribution >= 4 is 23.6 Å². The molecule has 0 radical (unpaired) electrons. The van der Waals surface area contributed by atoms with Gasteiger partial charge in [0, 0.05) is 4.75 Å². The number of fused-ring (bicyclic) bond motifs is 1. The number of rotatable bonds is 3. The minimum Gasteiger partial charge on any atom is -0.480 e. The number of β-lactam (4-membered cyclic amide) rings is 1. The van der Waals surface area contributed by atoms with E-state index in [1.165, 1.54) is 16.7 Å². The molecule has 1 amide bonds. The second kappa shape index (κ2) is 3.60. The van der Waals surface area contributed by atoms with E-state index in [4.69, 9.17) is 0 Å². The molecule has 0 bridgehead atoms. The van der Waals surface area contributed by atoms with Gasteiger partial charge in [0.1, 0.15) is 11.5 Å². The van der Waals surface area contributed by atoms with Crippen molar-refractivity contribution in [3.63, 3.8) is 0 Å². The molecule has 0 aromatic heterocycles. The van der Waals surface area contributed by atoms with Crippen LogP contribution in [0.5, 0.6) is 0 Å². The zero-order chi connectivity index (χ0) is 13.0. The summed E-state index contributed by atoms with van der Waals surface area (Å²) in [4.78, 5) is 24.4. The Hall–Kier alpha value is -0.790. The van der Waals surface area contributed by atoms with Crippen LogP contribution >= 0.6 is 11.8 Å². The summed E-state index contributed by atoms with van der Waals surface area (Å²) in [6, 6.07) is -0.906. The number of aliphatic carboxylic acids is 1. The minimum absolute atomic E-state index is 0.457. The average molecular weight is 261 g/mol. The molecule has 2 aliphatic rings. The third-order valence-electron chi connectivity index (χ3n) is 3.54. The average Bonchev–Trinajstić information content (AvgIpc) is 2.50. The number of carbonyl (C=O) groups is 2. The second-order valence-corrected chi connectivity index (χ2v) is 6.73. The van der Waals surface area contributed by atoms with Gasteiger partial charge in [0.15, 0.2) is 0 Å². The number of carboxylic acids is 1. The maximum atomic E-state index is 12.0. The van der Waals surface area contributed by atoms with Gasteiger partial charge >= 0.3 is 5.97 Å². The number of amides is 1. The number of hydrogen-bond donors (Lipinski definition) is 3. The first kappa shape index (κ1) is 12.7. The van der Waals surface area contributed by atoms with Crippen molar-refractivity contribution in [2.75, 3.05) is 13.2 Å². The van der Waals surface area contributed by atoms with Crippen molar-refractivity contribution < 1.29 is 24.9 Å². The van der Waals surface area contributed by atoms with Crippen molar-refractivity contribution in [1.29, 1.82) is 0 Å². The van der Waals surface area contributed by atoms with E-state index >= 15 is 0 Å². The van der Waals surface area contributed by atoms with Crippen molar-refractivity contribution in [2.24, 2.45) is 5.41 Å². The predicted molar refractivity (Wildman–Crippen MR) is 60.3 cm³/mol. The lowest BCUT2D eigenvalue weighted by molar-refractivity contribution is -0.182. The number of thioether (sulfide) groups is 1. The van der Waals surface area contributed by atoms with Gasteiger partial charge in [-0.25, -0.2) is 4.79 Å². The highest BCUT2D eigenvalue weighted by atomic mass is 32.2. The Balaban J connectivity index is 2.37. The second-order valence-electron chi connectivity index (χ2n) is 5.00. The van der Waals surface area contributed by atoms with E-state index in [0.717, 1.165) is 0 Å². The normalized spacial score (nSPS) is 33.2. The molecule has 0 unspecified atom stereocenters. The van der Waals surface area contributed by atoms with Crippen LogP contribution in [0.4, 0.5) is 0 Å². The molecule has 2 saturated heterocycles. The molecule has 96 valence electrons. The molecule has 3 N–H and O–H groups in total. The third-order valence-corrected chi connectivity index (χ3v) is 5.27. The van der Waals surface area contributed by atoms with Crippen LogP contribution in [0.1, 0.15) is 13.8 Å². The third kappa shape index (κ3) is 1.36. The predicted octanol–water partition coefficient (Wildman–Crippen LogP) is -0.896. The number of hydrogen-bond acceptors (Lipinski definition) is 5. The van der Waals surface area contributed by atoms with Crippen LogP contribution in [0.2, 0.25) is 0 Å². The fraction of sp³-hybridized carbons (Fsp3) is 0.800. The number of aliphatic hydroxyl groups is 2. The Bertz CT molecular complexity index is 379. The molecule has 0 aromatic rings. The Morgan fingerprint density at radius 3 is 2.35 bits per heavy atom. The molecule has 2 fully saturated rings. The van der Waals surface area contributed by atoms with Gasteiger partial charge in [-0.15, -0.1) is 11.8 Å². The Morgan fingerprint density at radius 2 is 1.94 bits per heavy atom. The molecular formula is C10H15NO5S. The van der Waals surface area contributed by atoms with E-state index in [0.29, 0.717) is 0 Å². The standard InChI is InChI=1S/C10H15NO5S/c1-9(2)5(6(14)15)11-7(16)10(3-12,4-13)8(11)17-9/h5,8,12-13H,3-4H2,1-2H3,(H,14,15)/t5-,8+/m0/s1. The lowest BCUT2D eigenvalue weighted by atomic mass is 9.78. The van der Waals surface area contributed by atoms with Crippen molar-refractivity contribution in [1.82, 2.24) is 4.90 Å². The Kier molecular flexibility index (Phi) is 2.68. The molecule has 6 nitrogen and oxygen atoms in total. The Labute approximate surface area is 103 Å². The maximum absolute atomic E-state index is 12.0. The van der Waals surface area contributed by atoms with Crippen LogP contribution in [-0.2, 0) is 9.59 Å². The topological polar surface area (TPSA) is 98.1 Å². The molecule has 2 rings (SSSR count). The molecule has 2 heterocycles. The van der Waals surface area contributed by atoms with Gasteiger partial charge in [0.25, 0.3) is 0 Å². The maximum Gasteiger partial charge on any atom is 0.327 e. The summed E-state index contributed by atoms with van der Waals surface area (Å²) in [5.41, 5.74) is -1.22. The zero-order valence-corrected chi connectivity index (χ0v) is 10.4.